The van der Waals surface area contributed by atoms with Crippen molar-refractivity contribution >= 4 is 21.8 Å². The van der Waals surface area contributed by atoms with Gasteiger partial charge in [0.1, 0.15) is 0 Å². The van der Waals surface area contributed by atoms with Gasteiger partial charge in [-0.25, -0.2) is 8.42 Å². The Morgan fingerprint density at radius 2 is 1.69 bits per heavy atom. The van der Waals surface area contributed by atoms with Crippen LogP contribution in [0.3, 0.4) is 0 Å². The minimum atomic E-state index is -2.95. The molecule has 0 amide bonds. The maximum atomic E-state index is 11.5. The molecule has 0 unspecified atom stereocenters. The Balaban J connectivity index is 1.59. The second-order valence-electron chi connectivity index (χ2n) is 6.20. The third kappa shape index (κ3) is 3.57. The van der Waals surface area contributed by atoms with Crippen molar-refractivity contribution in [3.8, 4) is 11.5 Å². The van der Waals surface area contributed by atoms with Crippen LogP contribution in [0.15, 0.2) is 65.5 Å². The van der Waals surface area contributed by atoms with Crippen molar-refractivity contribution < 1.29 is 17.9 Å². The molecule has 0 aromatic heterocycles. The van der Waals surface area contributed by atoms with Gasteiger partial charge < -0.3 is 14.9 Å². The smallest absolute Gasteiger partial charge is 0.190 e. The highest BCUT2D eigenvalue weighted by molar-refractivity contribution is 7.91. The van der Waals surface area contributed by atoms with Gasteiger partial charge in [-0.2, -0.15) is 5.10 Å². The first-order valence-corrected chi connectivity index (χ1v) is 10.2. The van der Waals surface area contributed by atoms with Crippen LogP contribution in [0.1, 0.15) is 12.0 Å². The number of fused-ring (bicyclic) bond motifs is 1. The summed E-state index contributed by atoms with van der Waals surface area (Å²) in [5.41, 5.74) is 3.77. The van der Waals surface area contributed by atoms with E-state index in [4.69, 9.17) is 9.47 Å². The molecule has 6 nitrogen and oxygen atoms in total. The van der Waals surface area contributed by atoms with Gasteiger partial charge in [0.15, 0.2) is 32.9 Å². The summed E-state index contributed by atoms with van der Waals surface area (Å²) in [4.78, 5) is 0. The first-order valence-electron chi connectivity index (χ1n) is 8.34. The van der Waals surface area contributed by atoms with Crippen molar-refractivity contribution in [2.45, 2.75) is 12.5 Å². The number of sulfone groups is 1. The highest BCUT2D eigenvalue weighted by Gasteiger charge is 2.27. The number of rotatable bonds is 4. The van der Waals surface area contributed by atoms with Gasteiger partial charge in [-0.15, -0.1) is 0 Å². The first kappa shape index (κ1) is 16.7. The second kappa shape index (κ2) is 6.84. The fourth-order valence-electron chi connectivity index (χ4n) is 2.92. The number of hydrogen-bond acceptors (Lipinski definition) is 6. The number of nitrogens with one attached hydrogen (secondary N) is 1. The summed E-state index contributed by atoms with van der Waals surface area (Å²) >= 11 is 0. The Morgan fingerprint density at radius 1 is 1.00 bits per heavy atom. The van der Waals surface area contributed by atoms with Crippen LogP contribution in [0.2, 0.25) is 0 Å². The average molecular weight is 370 g/mol. The monoisotopic (exact) mass is 370 g/mol. The maximum Gasteiger partial charge on any atom is 0.190 e. The quantitative estimate of drug-likeness (QED) is 0.661. The fourth-order valence-corrected chi connectivity index (χ4v) is 4.58. The molecule has 1 saturated heterocycles. The Labute approximate surface area is 152 Å². The third-order valence-corrected chi connectivity index (χ3v) is 5.98. The van der Waals surface area contributed by atoms with Crippen molar-refractivity contribution in [1.82, 2.24) is 5.43 Å². The molecule has 134 valence electrons. The fraction of sp³-hybridized carbons (Fsp3) is 0.211. The molecule has 2 aliphatic heterocycles. The summed E-state index contributed by atoms with van der Waals surface area (Å²) in [6.07, 6.45) is 2.09. The average Bonchev–Trinajstić information content (AvgIpc) is 3.00. The van der Waals surface area contributed by atoms with Gasteiger partial charge in [0.05, 0.1) is 23.8 Å². The van der Waals surface area contributed by atoms with Crippen LogP contribution < -0.4 is 14.9 Å². The molecule has 1 fully saturated rings. The standard InChI is InChI=1S/C19H18N2O4S/c22-26(23)11-10-15(13-26)21-20-12-18-19(14-6-2-1-3-7-14)25-17-9-5-4-8-16(17)24-18/h1-9,12,15,21H,10-11,13H2/b20-12-/t15-/m0/s1. The van der Waals surface area contributed by atoms with E-state index in [0.29, 0.717) is 29.4 Å². The highest BCUT2D eigenvalue weighted by atomic mass is 32.2. The van der Waals surface area contributed by atoms with Crippen molar-refractivity contribution in [2.24, 2.45) is 5.10 Å². The largest absolute Gasteiger partial charge is 0.449 e. The summed E-state index contributed by atoms with van der Waals surface area (Å²) < 4.78 is 35.0. The van der Waals surface area contributed by atoms with Crippen LogP contribution in [-0.4, -0.2) is 32.2 Å². The zero-order valence-electron chi connectivity index (χ0n) is 14.0. The molecule has 0 spiro atoms. The summed E-state index contributed by atoms with van der Waals surface area (Å²) in [6.45, 7) is 0. The van der Waals surface area contributed by atoms with E-state index in [1.165, 1.54) is 6.21 Å². The molecule has 2 aromatic carbocycles. The van der Waals surface area contributed by atoms with Crippen LogP contribution in [-0.2, 0) is 9.84 Å². The molecule has 2 aliphatic rings. The minimum absolute atomic E-state index is 0.106. The van der Waals surface area contributed by atoms with Gasteiger partial charge in [-0.1, -0.05) is 42.5 Å². The lowest BCUT2D eigenvalue weighted by Crippen LogP contribution is -2.26. The molecule has 2 aromatic rings. The Morgan fingerprint density at radius 3 is 2.38 bits per heavy atom. The lowest BCUT2D eigenvalue weighted by atomic mass is 10.1. The first-order chi connectivity index (χ1) is 12.6. The topological polar surface area (TPSA) is 77.0 Å². The molecule has 26 heavy (non-hydrogen) atoms. The summed E-state index contributed by atoms with van der Waals surface area (Å²) in [7, 11) is -2.95. The molecule has 0 radical (unpaired) electrons. The lowest BCUT2D eigenvalue weighted by Gasteiger charge is -2.22. The molecular weight excluding hydrogens is 352 g/mol. The van der Waals surface area contributed by atoms with E-state index in [2.05, 4.69) is 10.5 Å². The van der Waals surface area contributed by atoms with E-state index < -0.39 is 9.84 Å². The maximum absolute atomic E-state index is 11.5. The highest BCUT2D eigenvalue weighted by Crippen LogP contribution is 2.37. The zero-order chi connectivity index (χ0) is 18.0. The number of benzene rings is 2. The minimum Gasteiger partial charge on any atom is -0.449 e. The molecule has 2 heterocycles. The SMILES string of the molecule is O=S1(=O)CC[C@H](N/N=C\C2=C(c3ccccc3)Oc3ccccc3O2)C1. The number of hydrazone groups is 1. The third-order valence-electron chi connectivity index (χ3n) is 4.21. The van der Waals surface area contributed by atoms with Gasteiger partial charge in [0.25, 0.3) is 0 Å². The molecular formula is C19H18N2O4S. The van der Waals surface area contributed by atoms with Gasteiger partial charge in [-0.3, -0.25) is 0 Å². The number of hydrogen-bond donors (Lipinski definition) is 1. The lowest BCUT2D eigenvalue weighted by molar-refractivity contribution is 0.366. The van der Waals surface area contributed by atoms with E-state index in [0.717, 1.165) is 5.56 Å². The normalized spacial score (nSPS) is 21.2. The molecule has 0 bridgehead atoms. The van der Waals surface area contributed by atoms with Crippen LogP contribution in [0.5, 0.6) is 11.5 Å². The van der Waals surface area contributed by atoms with Crippen LogP contribution in [0.25, 0.3) is 5.76 Å². The van der Waals surface area contributed by atoms with Crippen LogP contribution >= 0.6 is 0 Å². The van der Waals surface area contributed by atoms with Crippen molar-refractivity contribution in [2.75, 3.05) is 11.5 Å². The molecule has 1 N–H and O–H groups in total. The van der Waals surface area contributed by atoms with Gasteiger partial charge >= 0.3 is 0 Å². The Kier molecular flexibility index (Phi) is 4.38. The van der Waals surface area contributed by atoms with Crippen LogP contribution in [0.4, 0.5) is 0 Å². The molecule has 0 saturated carbocycles. The van der Waals surface area contributed by atoms with E-state index in [1.54, 1.807) is 0 Å². The summed E-state index contributed by atoms with van der Waals surface area (Å²) in [6, 6.07) is 16.9. The number of nitrogens with zero attached hydrogens (tertiary/aromatic N) is 1. The van der Waals surface area contributed by atoms with Crippen molar-refractivity contribution in [1.29, 1.82) is 0 Å². The Bertz CT molecular complexity index is 968. The van der Waals surface area contributed by atoms with Crippen molar-refractivity contribution in [3.63, 3.8) is 0 Å². The van der Waals surface area contributed by atoms with E-state index in [1.807, 2.05) is 54.6 Å². The summed E-state index contributed by atoms with van der Waals surface area (Å²) in [5, 5.41) is 4.19. The summed E-state index contributed by atoms with van der Waals surface area (Å²) in [5.74, 6) is 2.58. The van der Waals surface area contributed by atoms with E-state index >= 15 is 0 Å². The van der Waals surface area contributed by atoms with Crippen LogP contribution in [0, 0.1) is 0 Å². The number of ether oxygens (including phenoxy) is 2. The molecule has 1 atom stereocenters. The van der Waals surface area contributed by atoms with E-state index in [9.17, 15) is 8.42 Å². The zero-order valence-corrected chi connectivity index (χ0v) is 14.8. The predicted octanol–water partition coefficient (Wildman–Crippen LogP) is 2.59. The van der Waals surface area contributed by atoms with Gasteiger partial charge in [-0.05, 0) is 18.6 Å². The number of allylic oxidation sites excluding steroid dienone is 1. The number of para-hydroxylation sites is 2. The van der Waals surface area contributed by atoms with Crippen molar-refractivity contribution in [3.05, 3.63) is 65.9 Å². The predicted molar refractivity (Wildman–Crippen MR) is 99.7 cm³/mol. The molecule has 0 aliphatic carbocycles. The van der Waals surface area contributed by atoms with Gasteiger partial charge in [0.2, 0.25) is 0 Å². The Hall–Kier alpha value is -2.80. The van der Waals surface area contributed by atoms with E-state index in [-0.39, 0.29) is 17.5 Å². The molecule has 7 heteroatoms. The molecule has 4 rings (SSSR count). The second-order valence-corrected chi connectivity index (χ2v) is 8.43. The van der Waals surface area contributed by atoms with Gasteiger partial charge in [0, 0.05) is 5.56 Å².